The monoisotopic (exact) mass is 366 g/mol. The van der Waals surface area contributed by atoms with Crippen molar-refractivity contribution in [3.63, 3.8) is 0 Å². The maximum Gasteiger partial charge on any atom is 0.234 e. The molecule has 1 amide bonds. The summed E-state index contributed by atoms with van der Waals surface area (Å²) >= 11 is 0. The number of hydrogen-bond acceptors (Lipinski definition) is 4. The molecule has 0 aromatic heterocycles. The van der Waals surface area contributed by atoms with Gasteiger partial charge in [-0.25, -0.2) is 0 Å². The fourth-order valence-corrected chi connectivity index (χ4v) is 3.47. The van der Waals surface area contributed by atoms with Crippen molar-refractivity contribution in [3.05, 3.63) is 83.9 Å². The normalized spacial score (nSPS) is 24.5. The van der Waals surface area contributed by atoms with Gasteiger partial charge in [0.15, 0.2) is 0 Å². The van der Waals surface area contributed by atoms with E-state index in [1.807, 2.05) is 72.8 Å². The molecule has 5 heteroatoms. The average molecular weight is 366 g/mol. The number of amides is 1. The molecule has 0 saturated carbocycles. The van der Waals surface area contributed by atoms with E-state index in [0.29, 0.717) is 6.54 Å². The second-order valence-corrected chi connectivity index (χ2v) is 6.83. The average Bonchev–Trinajstić information content (AvgIpc) is 2.72. The van der Waals surface area contributed by atoms with Crippen LogP contribution in [0.4, 0.5) is 0 Å². The van der Waals surface area contributed by atoms with Crippen LogP contribution in [0.15, 0.2) is 72.8 Å². The molecule has 1 aliphatic carbocycles. The van der Waals surface area contributed by atoms with Gasteiger partial charge in [-0.1, -0.05) is 72.8 Å². The molecule has 0 fully saturated rings. The maximum atomic E-state index is 12.1. The summed E-state index contributed by atoms with van der Waals surface area (Å²) in [6.45, 7) is 0.448. The van der Waals surface area contributed by atoms with E-state index < -0.39 is 6.10 Å². The lowest BCUT2D eigenvalue weighted by Gasteiger charge is -2.36. The number of benzene rings is 2. The van der Waals surface area contributed by atoms with E-state index in [9.17, 15) is 15.0 Å². The van der Waals surface area contributed by atoms with E-state index in [4.69, 9.17) is 0 Å². The van der Waals surface area contributed by atoms with Crippen molar-refractivity contribution in [3.8, 4) is 0 Å². The Kier molecular flexibility index (Phi) is 6.76. The summed E-state index contributed by atoms with van der Waals surface area (Å²) in [7, 11) is 0. The zero-order valence-corrected chi connectivity index (χ0v) is 15.2. The van der Waals surface area contributed by atoms with Crippen LogP contribution in [0.2, 0.25) is 0 Å². The quantitative estimate of drug-likeness (QED) is 0.561. The van der Waals surface area contributed by atoms with Gasteiger partial charge in [0.25, 0.3) is 0 Å². The van der Waals surface area contributed by atoms with Crippen molar-refractivity contribution in [1.82, 2.24) is 10.6 Å². The van der Waals surface area contributed by atoms with Gasteiger partial charge in [-0.05, 0) is 11.1 Å². The van der Waals surface area contributed by atoms with Crippen molar-refractivity contribution in [2.24, 2.45) is 5.92 Å². The highest BCUT2D eigenvalue weighted by molar-refractivity contribution is 5.78. The summed E-state index contributed by atoms with van der Waals surface area (Å²) < 4.78 is 0. The molecule has 142 valence electrons. The summed E-state index contributed by atoms with van der Waals surface area (Å²) in [4.78, 5) is 12.1. The first-order valence-electron chi connectivity index (χ1n) is 9.25. The molecule has 4 N–H and O–H groups in total. The van der Waals surface area contributed by atoms with E-state index in [1.165, 1.54) is 0 Å². The fraction of sp³-hybridized carbons (Fsp3) is 0.318. The number of aliphatic hydroxyl groups is 2. The molecule has 4 atom stereocenters. The number of carbonyl (C=O) groups excluding carboxylic acids is 1. The van der Waals surface area contributed by atoms with Gasteiger partial charge < -0.3 is 20.8 Å². The third-order valence-corrected chi connectivity index (χ3v) is 5.02. The summed E-state index contributed by atoms with van der Waals surface area (Å²) in [5.74, 6) is -0.654. The van der Waals surface area contributed by atoms with Crippen LogP contribution in [0, 0.1) is 5.92 Å². The summed E-state index contributed by atoms with van der Waals surface area (Å²) in [6.07, 6.45) is 3.17. The highest BCUT2D eigenvalue weighted by Crippen LogP contribution is 2.31. The first-order chi connectivity index (χ1) is 13.2. The van der Waals surface area contributed by atoms with Crippen molar-refractivity contribution in [2.75, 3.05) is 13.2 Å². The molecule has 5 nitrogen and oxygen atoms in total. The number of nitrogens with one attached hydrogen (secondary N) is 2. The number of aliphatic hydroxyl groups excluding tert-OH is 2. The number of carbonyl (C=O) groups is 1. The number of hydrogen-bond donors (Lipinski definition) is 4. The molecule has 2 aromatic carbocycles. The van der Waals surface area contributed by atoms with E-state index in [1.54, 1.807) is 0 Å². The highest BCUT2D eigenvalue weighted by atomic mass is 16.3. The minimum atomic E-state index is -0.715. The lowest BCUT2D eigenvalue weighted by molar-refractivity contribution is -0.120. The van der Waals surface area contributed by atoms with Crippen LogP contribution >= 0.6 is 0 Å². The molecule has 0 aliphatic heterocycles. The van der Waals surface area contributed by atoms with Crippen LogP contribution in [0.25, 0.3) is 0 Å². The van der Waals surface area contributed by atoms with Gasteiger partial charge in [-0.15, -0.1) is 0 Å². The van der Waals surface area contributed by atoms with Crippen LogP contribution in [-0.4, -0.2) is 41.4 Å². The van der Waals surface area contributed by atoms with Gasteiger partial charge in [0, 0.05) is 24.4 Å². The largest absolute Gasteiger partial charge is 0.396 e. The lowest BCUT2D eigenvalue weighted by Crippen LogP contribution is -2.49. The maximum absolute atomic E-state index is 12.1. The van der Waals surface area contributed by atoms with Crippen LogP contribution < -0.4 is 10.6 Å². The molecule has 0 saturated heterocycles. The van der Waals surface area contributed by atoms with Gasteiger partial charge in [0.05, 0.1) is 19.3 Å². The van der Waals surface area contributed by atoms with Gasteiger partial charge in [0.1, 0.15) is 0 Å². The Labute approximate surface area is 159 Å². The molecule has 0 radical (unpaired) electrons. The molecular formula is C22H26N2O3. The van der Waals surface area contributed by atoms with Crippen molar-refractivity contribution < 1.29 is 15.0 Å². The third-order valence-electron chi connectivity index (χ3n) is 5.02. The lowest BCUT2D eigenvalue weighted by atomic mass is 9.77. The topological polar surface area (TPSA) is 81.6 Å². The van der Waals surface area contributed by atoms with E-state index in [2.05, 4.69) is 10.6 Å². The zero-order valence-electron chi connectivity index (χ0n) is 15.2. The third kappa shape index (κ3) is 5.04. The summed E-state index contributed by atoms with van der Waals surface area (Å²) in [5, 5.41) is 26.5. The Morgan fingerprint density at radius 2 is 1.63 bits per heavy atom. The standard InChI is InChI=1S/C22H26N2O3/c25-15-19-20(12-11-18(22(19)27)17-9-5-2-6-10-17)23-14-21(26)24-13-16-7-3-1-4-8-16/h1-12,18-20,22-23,25,27H,13-15H2,(H,24,26)/t18-,19+,20-,22+/m0/s1. The molecular weight excluding hydrogens is 340 g/mol. The minimum Gasteiger partial charge on any atom is -0.396 e. The van der Waals surface area contributed by atoms with Gasteiger partial charge >= 0.3 is 0 Å². The second-order valence-electron chi connectivity index (χ2n) is 6.83. The first-order valence-corrected chi connectivity index (χ1v) is 9.25. The molecule has 0 heterocycles. The van der Waals surface area contributed by atoms with Crippen molar-refractivity contribution >= 4 is 5.91 Å². The molecule has 3 rings (SSSR count). The summed E-state index contributed by atoms with van der Waals surface area (Å²) in [5.41, 5.74) is 2.05. The van der Waals surface area contributed by atoms with Gasteiger partial charge in [-0.3, -0.25) is 4.79 Å². The zero-order chi connectivity index (χ0) is 19.1. The Balaban J connectivity index is 1.55. The van der Waals surface area contributed by atoms with E-state index >= 15 is 0 Å². The predicted molar refractivity (Wildman–Crippen MR) is 105 cm³/mol. The predicted octanol–water partition coefficient (Wildman–Crippen LogP) is 1.58. The van der Waals surface area contributed by atoms with Crippen LogP contribution in [-0.2, 0) is 11.3 Å². The van der Waals surface area contributed by atoms with Crippen LogP contribution in [0.3, 0.4) is 0 Å². The first kappa shape index (κ1) is 19.3. The van der Waals surface area contributed by atoms with Gasteiger partial charge in [0.2, 0.25) is 5.91 Å². The highest BCUT2D eigenvalue weighted by Gasteiger charge is 2.35. The molecule has 27 heavy (non-hydrogen) atoms. The van der Waals surface area contributed by atoms with Gasteiger partial charge in [-0.2, -0.15) is 0 Å². The van der Waals surface area contributed by atoms with Crippen LogP contribution in [0.1, 0.15) is 17.0 Å². The molecule has 1 aliphatic rings. The van der Waals surface area contributed by atoms with Crippen LogP contribution in [0.5, 0.6) is 0 Å². The fourth-order valence-electron chi connectivity index (χ4n) is 3.47. The Morgan fingerprint density at radius 1 is 0.963 bits per heavy atom. The molecule has 0 bridgehead atoms. The van der Waals surface area contributed by atoms with E-state index in [0.717, 1.165) is 11.1 Å². The van der Waals surface area contributed by atoms with Crippen molar-refractivity contribution in [1.29, 1.82) is 0 Å². The molecule has 0 unspecified atom stereocenters. The smallest absolute Gasteiger partial charge is 0.234 e. The Hall–Kier alpha value is -2.47. The molecule has 2 aromatic rings. The minimum absolute atomic E-state index is 0.122. The van der Waals surface area contributed by atoms with Crippen molar-refractivity contribution in [2.45, 2.75) is 24.6 Å². The van der Waals surface area contributed by atoms with E-state index in [-0.39, 0.29) is 36.9 Å². The SMILES string of the molecule is O=C(CN[C@H]1C=C[C@@H](c2ccccc2)[C@@H](O)[C@@H]1CO)NCc1ccccc1. The number of rotatable bonds is 7. The Morgan fingerprint density at radius 3 is 2.30 bits per heavy atom. The second kappa shape index (κ2) is 9.46. The Bertz CT molecular complexity index is 749. The summed E-state index contributed by atoms with van der Waals surface area (Å²) in [6, 6.07) is 19.2. The molecule has 0 spiro atoms.